The number of halogens is 1. The fourth-order valence-corrected chi connectivity index (χ4v) is 4.14. The Morgan fingerprint density at radius 1 is 1.04 bits per heavy atom. The first kappa shape index (κ1) is 21.2. The average molecular weight is 348 g/mol. The Labute approximate surface area is 149 Å². The van der Waals surface area contributed by atoms with Crippen molar-refractivity contribution in [1.82, 2.24) is 4.90 Å². The molecule has 0 aromatic heterocycles. The molecule has 1 aliphatic carbocycles. The topological polar surface area (TPSA) is 32.7 Å². The van der Waals surface area contributed by atoms with E-state index in [1.807, 2.05) is 0 Å². The molecule has 4 heteroatoms. The molecule has 1 aliphatic heterocycles. The average Bonchev–Trinajstić information content (AvgIpc) is 2.47. The zero-order valence-corrected chi connectivity index (χ0v) is 16.4. The molecule has 2 aliphatic rings. The minimum Gasteiger partial charge on any atom is -0.389 e. The summed E-state index contributed by atoms with van der Waals surface area (Å²) in [6, 6.07) is 0. The Hall–Kier alpha value is 0.170. The van der Waals surface area contributed by atoms with Gasteiger partial charge in [-0.2, -0.15) is 0 Å². The summed E-state index contributed by atoms with van der Waals surface area (Å²) >= 11 is 0. The van der Waals surface area contributed by atoms with Crippen LogP contribution in [0.15, 0.2) is 0 Å². The Balaban J connectivity index is 0.00000264. The predicted octanol–water partition coefficient (Wildman–Crippen LogP) is 3.98. The smallest absolute Gasteiger partial charge is 0.0900 e. The molecule has 0 amide bonds. The van der Waals surface area contributed by atoms with E-state index >= 15 is 0 Å². The SMILES string of the molecule is CC1CCN(CC(O)COC2CC(C)CCC2C(C)C)CC1.Cl. The van der Waals surface area contributed by atoms with E-state index in [-0.39, 0.29) is 18.5 Å². The monoisotopic (exact) mass is 347 g/mol. The van der Waals surface area contributed by atoms with Gasteiger partial charge in [0.25, 0.3) is 0 Å². The van der Waals surface area contributed by atoms with Crippen LogP contribution in [0.2, 0.25) is 0 Å². The Kier molecular flexibility index (Phi) is 9.43. The lowest BCUT2D eigenvalue weighted by Gasteiger charge is -2.38. The number of ether oxygens (including phenoxy) is 1. The van der Waals surface area contributed by atoms with Crippen molar-refractivity contribution in [3.05, 3.63) is 0 Å². The van der Waals surface area contributed by atoms with Crippen LogP contribution in [0.4, 0.5) is 0 Å². The van der Waals surface area contributed by atoms with Crippen molar-refractivity contribution in [3.63, 3.8) is 0 Å². The van der Waals surface area contributed by atoms with Crippen LogP contribution < -0.4 is 0 Å². The Morgan fingerprint density at radius 3 is 2.30 bits per heavy atom. The molecule has 2 fully saturated rings. The van der Waals surface area contributed by atoms with Crippen LogP contribution in [0.3, 0.4) is 0 Å². The van der Waals surface area contributed by atoms with Gasteiger partial charge >= 0.3 is 0 Å². The number of likely N-dealkylation sites (tertiary alicyclic amines) is 1. The lowest BCUT2D eigenvalue weighted by Crippen LogP contribution is -2.41. The van der Waals surface area contributed by atoms with E-state index in [1.54, 1.807) is 0 Å². The molecule has 1 saturated carbocycles. The highest BCUT2D eigenvalue weighted by Gasteiger charge is 2.31. The number of rotatable bonds is 6. The predicted molar refractivity (Wildman–Crippen MR) is 99.2 cm³/mol. The first-order valence-electron chi connectivity index (χ1n) is 9.47. The third kappa shape index (κ3) is 6.89. The van der Waals surface area contributed by atoms with Crippen LogP contribution in [-0.2, 0) is 4.74 Å². The van der Waals surface area contributed by atoms with Crippen LogP contribution in [0, 0.1) is 23.7 Å². The number of hydrogen-bond acceptors (Lipinski definition) is 3. The maximum Gasteiger partial charge on any atom is 0.0900 e. The normalized spacial score (nSPS) is 31.8. The van der Waals surface area contributed by atoms with Gasteiger partial charge in [0.1, 0.15) is 0 Å². The van der Waals surface area contributed by atoms with Crippen molar-refractivity contribution in [2.75, 3.05) is 26.2 Å². The number of hydrogen-bond donors (Lipinski definition) is 1. The molecule has 0 aromatic rings. The van der Waals surface area contributed by atoms with Gasteiger partial charge in [0, 0.05) is 6.54 Å². The summed E-state index contributed by atoms with van der Waals surface area (Å²) in [7, 11) is 0. The van der Waals surface area contributed by atoms with Crippen LogP contribution >= 0.6 is 12.4 Å². The standard InChI is InChI=1S/C19H37NO2.ClH/c1-14(2)18-6-5-16(4)11-19(18)22-13-17(21)12-20-9-7-15(3)8-10-20;/h14-19,21H,5-13H2,1-4H3;1H. The number of piperidine rings is 1. The summed E-state index contributed by atoms with van der Waals surface area (Å²) in [5.41, 5.74) is 0. The maximum absolute atomic E-state index is 10.3. The van der Waals surface area contributed by atoms with E-state index in [0.717, 1.165) is 37.9 Å². The van der Waals surface area contributed by atoms with Gasteiger partial charge in [-0.1, -0.05) is 34.1 Å². The molecular formula is C19H38ClNO2. The van der Waals surface area contributed by atoms with E-state index in [0.29, 0.717) is 24.5 Å². The molecule has 3 nitrogen and oxygen atoms in total. The van der Waals surface area contributed by atoms with Crippen molar-refractivity contribution in [2.45, 2.75) is 72.0 Å². The molecule has 1 heterocycles. The van der Waals surface area contributed by atoms with E-state index in [4.69, 9.17) is 4.74 Å². The number of nitrogens with zero attached hydrogens (tertiary/aromatic N) is 1. The van der Waals surface area contributed by atoms with Gasteiger partial charge in [-0.25, -0.2) is 0 Å². The molecule has 0 bridgehead atoms. The Morgan fingerprint density at radius 2 is 1.70 bits per heavy atom. The van der Waals surface area contributed by atoms with Gasteiger partial charge in [-0.05, 0) is 62.4 Å². The zero-order chi connectivity index (χ0) is 16.1. The summed E-state index contributed by atoms with van der Waals surface area (Å²) in [6.07, 6.45) is 6.32. The number of β-amino-alcohol motifs (C(OH)–C–C–N with tert-alkyl or cyclic N) is 1. The third-order valence-corrected chi connectivity index (χ3v) is 5.81. The largest absolute Gasteiger partial charge is 0.389 e. The molecule has 23 heavy (non-hydrogen) atoms. The highest BCUT2D eigenvalue weighted by Crippen LogP contribution is 2.35. The summed E-state index contributed by atoms with van der Waals surface area (Å²) in [5.74, 6) is 2.96. The molecule has 0 spiro atoms. The summed E-state index contributed by atoms with van der Waals surface area (Å²) < 4.78 is 6.18. The molecule has 0 radical (unpaired) electrons. The van der Waals surface area contributed by atoms with Crippen molar-refractivity contribution in [3.8, 4) is 0 Å². The minimum atomic E-state index is -0.335. The molecule has 138 valence electrons. The summed E-state index contributed by atoms with van der Waals surface area (Å²) in [6.45, 7) is 12.8. The fraction of sp³-hybridized carbons (Fsp3) is 1.00. The van der Waals surface area contributed by atoms with Crippen molar-refractivity contribution < 1.29 is 9.84 Å². The molecular weight excluding hydrogens is 310 g/mol. The lowest BCUT2D eigenvalue weighted by atomic mass is 9.75. The maximum atomic E-state index is 10.3. The first-order chi connectivity index (χ1) is 10.5. The van der Waals surface area contributed by atoms with Gasteiger partial charge in [0.2, 0.25) is 0 Å². The van der Waals surface area contributed by atoms with Gasteiger partial charge in [0.15, 0.2) is 0 Å². The second-order valence-corrected chi connectivity index (χ2v) is 8.33. The third-order valence-electron chi connectivity index (χ3n) is 5.81. The molecule has 1 saturated heterocycles. The zero-order valence-electron chi connectivity index (χ0n) is 15.5. The van der Waals surface area contributed by atoms with Gasteiger partial charge in [-0.3, -0.25) is 0 Å². The van der Waals surface area contributed by atoms with E-state index < -0.39 is 0 Å². The molecule has 0 aromatic carbocycles. The molecule has 4 atom stereocenters. The number of aliphatic hydroxyl groups excluding tert-OH is 1. The highest BCUT2D eigenvalue weighted by molar-refractivity contribution is 5.85. The minimum absolute atomic E-state index is 0. The van der Waals surface area contributed by atoms with Crippen LogP contribution in [0.1, 0.15) is 59.8 Å². The fourth-order valence-electron chi connectivity index (χ4n) is 4.14. The second-order valence-electron chi connectivity index (χ2n) is 8.33. The highest BCUT2D eigenvalue weighted by atomic mass is 35.5. The summed E-state index contributed by atoms with van der Waals surface area (Å²) in [5, 5.41) is 10.3. The first-order valence-corrected chi connectivity index (χ1v) is 9.47. The van der Waals surface area contributed by atoms with Crippen LogP contribution in [0.5, 0.6) is 0 Å². The molecule has 4 unspecified atom stereocenters. The van der Waals surface area contributed by atoms with Gasteiger partial charge < -0.3 is 14.7 Å². The van der Waals surface area contributed by atoms with Crippen molar-refractivity contribution in [1.29, 1.82) is 0 Å². The van der Waals surface area contributed by atoms with Crippen molar-refractivity contribution in [2.24, 2.45) is 23.7 Å². The quantitative estimate of drug-likeness (QED) is 0.788. The van der Waals surface area contributed by atoms with Gasteiger partial charge in [0.05, 0.1) is 18.8 Å². The molecule has 1 N–H and O–H groups in total. The van der Waals surface area contributed by atoms with Crippen LogP contribution in [0.25, 0.3) is 0 Å². The van der Waals surface area contributed by atoms with Gasteiger partial charge in [-0.15, -0.1) is 12.4 Å². The summed E-state index contributed by atoms with van der Waals surface area (Å²) in [4.78, 5) is 2.40. The second kappa shape index (κ2) is 10.2. The van der Waals surface area contributed by atoms with E-state index in [1.165, 1.54) is 25.7 Å². The lowest BCUT2D eigenvalue weighted by molar-refractivity contribution is -0.0749. The van der Waals surface area contributed by atoms with E-state index in [2.05, 4.69) is 32.6 Å². The Bertz CT molecular complexity index is 318. The number of aliphatic hydroxyl groups is 1. The van der Waals surface area contributed by atoms with E-state index in [9.17, 15) is 5.11 Å². The van der Waals surface area contributed by atoms with Crippen molar-refractivity contribution >= 4 is 12.4 Å². The van der Waals surface area contributed by atoms with Crippen LogP contribution in [-0.4, -0.2) is 48.5 Å². The molecule has 2 rings (SSSR count).